The van der Waals surface area contributed by atoms with Crippen LogP contribution in [-0.2, 0) is 13.0 Å². The molecule has 1 atom stereocenters. The number of hydrogen-bond acceptors (Lipinski definition) is 7. The summed E-state index contributed by atoms with van der Waals surface area (Å²) in [6.45, 7) is 10.5. The molecule has 1 saturated heterocycles. The first-order chi connectivity index (χ1) is 15.7. The van der Waals surface area contributed by atoms with Crippen LogP contribution in [0.3, 0.4) is 0 Å². The normalized spacial score (nSPS) is 20.1. The summed E-state index contributed by atoms with van der Waals surface area (Å²) in [5.74, 6) is 0.911. The largest absolute Gasteiger partial charge is 0.392 e. The average molecular weight is 532 g/mol. The number of nitrogens with one attached hydrogen (secondary N) is 1. The number of anilines is 1. The van der Waals surface area contributed by atoms with E-state index in [1.165, 1.54) is 11.3 Å². The van der Waals surface area contributed by atoms with Crippen molar-refractivity contribution >= 4 is 39.2 Å². The van der Waals surface area contributed by atoms with Crippen molar-refractivity contribution in [3.8, 4) is 0 Å². The van der Waals surface area contributed by atoms with Gasteiger partial charge in [0.05, 0.1) is 24.5 Å². The van der Waals surface area contributed by atoms with Crippen LogP contribution in [0.2, 0.25) is 0 Å². The van der Waals surface area contributed by atoms with E-state index in [2.05, 4.69) is 63.6 Å². The molecule has 176 valence electrons. The quantitative estimate of drug-likeness (QED) is 0.476. The number of rotatable bonds is 4. The van der Waals surface area contributed by atoms with E-state index in [9.17, 15) is 5.11 Å². The molecule has 0 aromatic carbocycles. The number of nitrogens with zero attached hydrogens (tertiary/aromatic N) is 5. The topological polar surface area (TPSA) is 78.6 Å². The monoisotopic (exact) mass is 530 g/mol. The molecule has 1 fully saturated rings. The van der Waals surface area contributed by atoms with E-state index in [-0.39, 0.29) is 22.8 Å². The Morgan fingerprint density at radius 1 is 1.30 bits per heavy atom. The molecular weight excluding hydrogens is 500 g/mol. The van der Waals surface area contributed by atoms with E-state index in [1.54, 1.807) is 6.20 Å². The number of halogens is 1. The predicted octanol–water partition coefficient (Wildman–Crippen LogP) is 4.61. The number of aliphatic hydroxyl groups is 1. The van der Waals surface area contributed by atoms with E-state index >= 15 is 0 Å². The third-order valence-electron chi connectivity index (χ3n) is 6.90. The van der Waals surface area contributed by atoms with Gasteiger partial charge in [0.15, 0.2) is 5.82 Å². The van der Waals surface area contributed by atoms with Gasteiger partial charge >= 0.3 is 0 Å². The Kier molecular flexibility index (Phi) is 5.96. The van der Waals surface area contributed by atoms with Gasteiger partial charge in [0.1, 0.15) is 10.1 Å². The highest BCUT2D eigenvalue weighted by Crippen LogP contribution is 2.53. The van der Waals surface area contributed by atoms with Crippen molar-refractivity contribution in [1.29, 1.82) is 0 Å². The standard InChI is InChI=1S/C24H31BrN6OS/c1-15-21(25)31-19(16(14-32)13-27-31)22(28-15)30-10-7-24(8-11-30)12-18-17(6-5-9-26-18)20(24)29-33-23(2,3)4/h5-6,9,13,20,29,32H,7-8,10-12,14H2,1-4H3/t20-/m1/s1. The summed E-state index contributed by atoms with van der Waals surface area (Å²) in [6, 6.07) is 4.59. The van der Waals surface area contributed by atoms with Crippen LogP contribution in [0.15, 0.2) is 29.1 Å². The molecule has 0 amide bonds. The Balaban J connectivity index is 1.45. The summed E-state index contributed by atoms with van der Waals surface area (Å²) in [5.41, 5.74) is 5.31. The van der Waals surface area contributed by atoms with Crippen LogP contribution in [0.4, 0.5) is 5.82 Å². The number of aliphatic hydroxyl groups excluding tert-OH is 1. The van der Waals surface area contributed by atoms with Crippen molar-refractivity contribution in [1.82, 2.24) is 24.3 Å². The number of aromatic nitrogens is 4. The predicted molar refractivity (Wildman–Crippen MR) is 136 cm³/mol. The third-order valence-corrected chi connectivity index (χ3v) is 8.77. The minimum atomic E-state index is -0.0531. The summed E-state index contributed by atoms with van der Waals surface area (Å²) >= 11 is 5.43. The van der Waals surface area contributed by atoms with Crippen LogP contribution in [0.1, 0.15) is 62.2 Å². The lowest BCUT2D eigenvalue weighted by Gasteiger charge is -2.44. The first-order valence-electron chi connectivity index (χ1n) is 11.5. The molecule has 3 aromatic heterocycles. The minimum absolute atomic E-state index is 0.0531. The molecule has 7 nitrogen and oxygen atoms in total. The zero-order chi connectivity index (χ0) is 23.4. The summed E-state index contributed by atoms with van der Waals surface area (Å²) in [4.78, 5) is 12.0. The number of fused-ring (bicyclic) bond motifs is 2. The molecule has 2 aliphatic rings. The van der Waals surface area contributed by atoms with Crippen LogP contribution >= 0.6 is 27.9 Å². The molecule has 0 bridgehead atoms. The van der Waals surface area contributed by atoms with Crippen LogP contribution < -0.4 is 9.62 Å². The fourth-order valence-electron chi connectivity index (χ4n) is 5.20. The summed E-state index contributed by atoms with van der Waals surface area (Å²) < 4.78 is 6.66. The number of hydrogen-bond donors (Lipinski definition) is 2. The van der Waals surface area contributed by atoms with E-state index in [0.29, 0.717) is 0 Å². The molecule has 1 spiro atoms. The Bertz CT molecular complexity index is 1180. The lowest BCUT2D eigenvalue weighted by Crippen LogP contribution is -2.45. The molecule has 0 unspecified atom stereocenters. The third kappa shape index (κ3) is 4.07. The Labute approximate surface area is 207 Å². The smallest absolute Gasteiger partial charge is 0.155 e. The Morgan fingerprint density at radius 2 is 2.06 bits per heavy atom. The highest BCUT2D eigenvalue weighted by Gasteiger charge is 2.49. The first-order valence-corrected chi connectivity index (χ1v) is 13.1. The average Bonchev–Trinajstić information content (AvgIpc) is 3.34. The lowest BCUT2D eigenvalue weighted by molar-refractivity contribution is 0.178. The van der Waals surface area contributed by atoms with Gasteiger partial charge in [-0.1, -0.05) is 18.0 Å². The van der Waals surface area contributed by atoms with E-state index in [4.69, 9.17) is 9.97 Å². The van der Waals surface area contributed by atoms with Crippen molar-refractivity contribution in [3.63, 3.8) is 0 Å². The summed E-state index contributed by atoms with van der Waals surface area (Å²) in [5, 5.41) is 14.4. The molecule has 1 aliphatic carbocycles. The maximum Gasteiger partial charge on any atom is 0.155 e. The van der Waals surface area contributed by atoms with Crippen molar-refractivity contribution < 1.29 is 5.11 Å². The Morgan fingerprint density at radius 3 is 2.76 bits per heavy atom. The number of piperidine rings is 1. The van der Waals surface area contributed by atoms with Crippen LogP contribution in [0.25, 0.3) is 5.52 Å². The van der Waals surface area contributed by atoms with E-state index in [0.717, 1.165) is 59.5 Å². The summed E-state index contributed by atoms with van der Waals surface area (Å²) in [7, 11) is 0. The van der Waals surface area contributed by atoms with Crippen LogP contribution in [0, 0.1) is 12.3 Å². The zero-order valence-corrected chi connectivity index (χ0v) is 22.0. The molecule has 9 heteroatoms. The van der Waals surface area contributed by atoms with E-state index in [1.807, 2.05) is 29.6 Å². The molecule has 2 N–H and O–H groups in total. The molecular formula is C24H31BrN6OS. The van der Waals surface area contributed by atoms with Crippen molar-refractivity contribution in [2.75, 3.05) is 18.0 Å². The van der Waals surface area contributed by atoms with Crippen molar-refractivity contribution in [2.45, 2.75) is 64.4 Å². The first kappa shape index (κ1) is 23.1. The zero-order valence-electron chi connectivity index (χ0n) is 19.6. The highest BCUT2D eigenvalue weighted by atomic mass is 79.9. The molecule has 1 aliphatic heterocycles. The van der Waals surface area contributed by atoms with Crippen LogP contribution in [0.5, 0.6) is 0 Å². The maximum absolute atomic E-state index is 9.90. The van der Waals surface area contributed by atoms with Crippen LogP contribution in [-0.4, -0.2) is 42.5 Å². The Hall–Kier alpha value is -1.68. The second-order valence-corrected chi connectivity index (χ2v) is 12.6. The van der Waals surface area contributed by atoms with E-state index < -0.39 is 0 Å². The van der Waals surface area contributed by atoms with Gasteiger partial charge in [-0.2, -0.15) is 5.10 Å². The maximum atomic E-state index is 9.90. The van der Waals surface area contributed by atoms with Crippen molar-refractivity contribution in [2.24, 2.45) is 5.41 Å². The molecule has 3 aromatic rings. The molecule has 0 radical (unpaired) electrons. The lowest BCUT2D eigenvalue weighted by atomic mass is 9.73. The van der Waals surface area contributed by atoms with Crippen molar-refractivity contribution in [3.05, 3.63) is 51.6 Å². The van der Waals surface area contributed by atoms with Gasteiger partial charge in [0.2, 0.25) is 0 Å². The highest BCUT2D eigenvalue weighted by molar-refractivity contribution is 9.10. The SMILES string of the molecule is Cc1nc(N2CCC3(CC2)Cc2ncccc2[C@H]3NSC(C)(C)C)c2c(CO)cnn2c1Br. The van der Waals surface area contributed by atoms with Gasteiger partial charge in [0, 0.05) is 35.3 Å². The fourth-order valence-corrected chi connectivity index (χ4v) is 6.40. The molecule has 0 saturated carbocycles. The second kappa shape index (κ2) is 8.52. The van der Waals surface area contributed by atoms with Gasteiger partial charge in [-0.3, -0.25) is 9.71 Å². The van der Waals surface area contributed by atoms with Gasteiger partial charge in [0.25, 0.3) is 0 Å². The van der Waals surface area contributed by atoms with Gasteiger partial charge in [-0.25, -0.2) is 9.50 Å². The fraction of sp³-hybridized carbons (Fsp3) is 0.542. The molecule has 5 rings (SSSR count). The van der Waals surface area contributed by atoms with Gasteiger partial charge < -0.3 is 10.0 Å². The minimum Gasteiger partial charge on any atom is -0.392 e. The second-order valence-electron chi connectivity index (χ2n) is 10.2. The number of pyridine rings is 1. The number of aryl methyl sites for hydroxylation is 1. The molecule has 33 heavy (non-hydrogen) atoms. The van der Waals surface area contributed by atoms with Gasteiger partial charge in [-0.15, -0.1) is 0 Å². The molecule has 4 heterocycles. The summed E-state index contributed by atoms with van der Waals surface area (Å²) in [6.07, 6.45) is 6.77. The van der Waals surface area contributed by atoms with Gasteiger partial charge in [-0.05, 0) is 79.9 Å².